The molecule has 0 aliphatic rings. The zero-order valence-corrected chi connectivity index (χ0v) is 11.6. The van der Waals surface area contributed by atoms with Crippen molar-refractivity contribution in [2.75, 3.05) is 0 Å². The van der Waals surface area contributed by atoms with Gasteiger partial charge in [0.1, 0.15) is 5.82 Å². The molecule has 0 saturated carbocycles. The molecule has 1 N–H and O–H groups in total. The summed E-state index contributed by atoms with van der Waals surface area (Å²) in [5.74, 6) is -0.391. The van der Waals surface area contributed by atoms with Crippen molar-refractivity contribution >= 4 is 15.9 Å². The summed E-state index contributed by atoms with van der Waals surface area (Å²) in [6, 6.07) is 12.8. The van der Waals surface area contributed by atoms with Crippen molar-refractivity contribution in [2.24, 2.45) is 0 Å². The molecule has 1 atom stereocenters. The number of aliphatic hydroxyl groups excluding tert-OH is 1. The van der Waals surface area contributed by atoms with Crippen molar-refractivity contribution in [2.45, 2.75) is 19.4 Å². The Bertz CT molecular complexity index is 554. The highest BCUT2D eigenvalue weighted by molar-refractivity contribution is 9.10. The number of halogens is 2. The molecule has 2 rings (SSSR count). The maximum absolute atomic E-state index is 13.8. The summed E-state index contributed by atoms with van der Waals surface area (Å²) in [4.78, 5) is 0. The van der Waals surface area contributed by atoms with Gasteiger partial charge in [-0.05, 0) is 34.5 Å². The van der Waals surface area contributed by atoms with Gasteiger partial charge in [0.05, 0.1) is 10.6 Å². The van der Waals surface area contributed by atoms with Gasteiger partial charge in [0.2, 0.25) is 0 Å². The molecule has 0 fully saturated rings. The molecule has 3 heteroatoms. The molecule has 0 aromatic heterocycles. The second kappa shape index (κ2) is 5.63. The standard InChI is InChI=1S/C15H14BrFO/c1-10-4-2-5-11(8-10)9-14(18)12-6-3-7-13(16)15(12)17/h2-8,14,18H,9H2,1H3. The predicted octanol–water partition coefficient (Wildman–Crippen LogP) is 4.17. The lowest BCUT2D eigenvalue weighted by Gasteiger charge is -2.13. The first kappa shape index (κ1) is 13.2. The van der Waals surface area contributed by atoms with Crippen LogP contribution in [0.1, 0.15) is 22.8 Å². The van der Waals surface area contributed by atoms with Crippen LogP contribution in [-0.2, 0) is 6.42 Å². The van der Waals surface area contributed by atoms with Crippen molar-refractivity contribution in [3.63, 3.8) is 0 Å². The molecular formula is C15H14BrFO. The summed E-state index contributed by atoms with van der Waals surface area (Å²) >= 11 is 3.13. The Hall–Kier alpha value is -1.19. The average molecular weight is 309 g/mol. The average Bonchev–Trinajstić information content (AvgIpc) is 2.32. The molecule has 0 spiro atoms. The largest absolute Gasteiger partial charge is 0.388 e. The topological polar surface area (TPSA) is 20.2 Å². The second-order valence-electron chi connectivity index (χ2n) is 4.35. The maximum atomic E-state index is 13.8. The van der Waals surface area contributed by atoms with Crippen molar-refractivity contribution in [3.05, 3.63) is 69.4 Å². The molecule has 94 valence electrons. The molecule has 0 heterocycles. The zero-order valence-electron chi connectivity index (χ0n) is 10.0. The molecule has 0 aliphatic heterocycles. The van der Waals surface area contributed by atoms with Gasteiger partial charge in [-0.25, -0.2) is 4.39 Å². The van der Waals surface area contributed by atoms with Crippen molar-refractivity contribution in [1.29, 1.82) is 0 Å². The molecule has 0 radical (unpaired) electrons. The molecule has 2 aromatic rings. The lowest BCUT2D eigenvalue weighted by atomic mass is 10.00. The Labute approximate surface area is 114 Å². The van der Waals surface area contributed by atoms with Crippen LogP contribution in [0.3, 0.4) is 0 Å². The number of benzene rings is 2. The normalized spacial score (nSPS) is 12.4. The van der Waals surface area contributed by atoms with E-state index in [9.17, 15) is 9.50 Å². The lowest BCUT2D eigenvalue weighted by molar-refractivity contribution is 0.173. The van der Waals surface area contributed by atoms with Crippen molar-refractivity contribution in [1.82, 2.24) is 0 Å². The van der Waals surface area contributed by atoms with E-state index >= 15 is 0 Å². The monoisotopic (exact) mass is 308 g/mol. The first-order valence-corrected chi connectivity index (χ1v) is 6.55. The summed E-state index contributed by atoms with van der Waals surface area (Å²) in [6.07, 6.45) is -0.418. The Morgan fingerprint density at radius 3 is 2.67 bits per heavy atom. The zero-order chi connectivity index (χ0) is 13.1. The van der Waals surface area contributed by atoms with Crippen LogP contribution in [-0.4, -0.2) is 5.11 Å². The van der Waals surface area contributed by atoms with Gasteiger partial charge in [-0.1, -0.05) is 42.0 Å². The Morgan fingerprint density at radius 2 is 1.94 bits per heavy atom. The van der Waals surface area contributed by atoms with E-state index in [2.05, 4.69) is 15.9 Å². The molecule has 18 heavy (non-hydrogen) atoms. The van der Waals surface area contributed by atoms with Crippen LogP contribution in [0, 0.1) is 12.7 Å². The second-order valence-corrected chi connectivity index (χ2v) is 5.21. The summed E-state index contributed by atoms with van der Waals surface area (Å²) in [6.45, 7) is 2.00. The summed E-state index contributed by atoms with van der Waals surface area (Å²) in [5, 5.41) is 10.1. The SMILES string of the molecule is Cc1cccc(CC(O)c2cccc(Br)c2F)c1. The highest BCUT2D eigenvalue weighted by atomic mass is 79.9. The number of hydrogen-bond donors (Lipinski definition) is 1. The van der Waals surface area contributed by atoms with Gasteiger partial charge >= 0.3 is 0 Å². The fourth-order valence-electron chi connectivity index (χ4n) is 1.95. The van der Waals surface area contributed by atoms with Crippen LogP contribution in [0.4, 0.5) is 4.39 Å². The van der Waals surface area contributed by atoms with Crippen LogP contribution in [0.15, 0.2) is 46.9 Å². The van der Waals surface area contributed by atoms with Crippen LogP contribution in [0.5, 0.6) is 0 Å². The van der Waals surface area contributed by atoms with Crippen LogP contribution >= 0.6 is 15.9 Å². The quantitative estimate of drug-likeness (QED) is 0.902. The van der Waals surface area contributed by atoms with Crippen molar-refractivity contribution < 1.29 is 9.50 Å². The van der Waals surface area contributed by atoms with E-state index in [1.807, 2.05) is 31.2 Å². The molecule has 0 aliphatic carbocycles. The first-order valence-electron chi connectivity index (χ1n) is 5.75. The highest BCUT2D eigenvalue weighted by Gasteiger charge is 2.15. The van der Waals surface area contributed by atoms with Gasteiger partial charge in [-0.15, -0.1) is 0 Å². The minimum Gasteiger partial charge on any atom is -0.388 e. The fraction of sp³-hybridized carbons (Fsp3) is 0.200. The van der Waals surface area contributed by atoms with Crippen molar-refractivity contribution in [3.8, 4) is 0 Å². The van der Waals surface area contributed by atoms with Crippen LogP contribution in [0.2, 0.25) is 0 Å². The van der Waals surface area contributed by atoms with E-state index in [4.69, 9.17) is 0 Å². The number of rotatable bonds is 3. The van der Waals surface area contributed by atoms with Gasteiger partial charge in [-0.2, -0.15) is 0 Å². The third-order valence-electron chi connectivity index (χ3n) is 2.85. The molecular weight excluding hydrogens is 295 g/mol. The number of hydrogen-bond acceptors (Lipinski definition) is 1. The summed E-state index contributed by atoms with van der Waals surface area (Å²) in [5.41, 5.74) is 2.46. The first-order chi connectivity index (χ1) is 8.58. The maximum Gasteiger partial charge on any atom is 0.143 e. The minimum absolute atomic E-state index is 0.325. The third kappa shape index (κ3) is 2.98. The lowest BCUT2D eigenvalue weighted by Crippen LogP contribution is -2.05. The van der Waals surface area contributed by atoms with Crippen LogP contribution in [0.25, 0.3) is 0 Å². The number of aryl methyl sites for hydroxylation is 1. The van der Waals surface area contributed by atoms with Crippen LogP contribution < -0.4 is 0 Å². The Morgan fingerprint density at radius 1 is 1.22 bits per heavy atom. The van der Waals surface area contributed by atoms with E-state index in [1.54, 1.807) is 18.2 Å². The molecule has 0 amide bonds. The van der Waals surface area contributed by atoms with Gasteiger partial charge in [-0.3, -0.25) is 0 Å². The molecule has 0 bridgehead atoms. The minimum atomic E-state index is -0.829. The van der Waals surface area contributed by atoms with E-state index in [-0.39, 0.29) is 0 Å². The highest BCUT2D eigenvalue weighted by Crippen LogP contribution is 2.26. The van der Waals surface area contributed by atoms with Gasteiger partial charge in [0.25, 0.3) is 0 Å². The smallest absolute Gasteiger partial charge is 0.143 e. The predicted molar refractivity (Wildman–Crippen MR) is 73.9 cm³/mol. The summed E-state index contributed by atoms with van der Waals surface area (Å²) < 4.78 is 14.2. The molecule has 2 aromatic carbocycles. The third-order valence-corrected chi connectivity index (χ3v) is 3.46. The van der Waals surface area contributed by atoms with E-state index in [0.29, 0.717) is 16.5 Å². The van der Waals surface area contributed by atoms with Gasteiger partial charge in [0, 0.05) is 12.0 Å². The molecule has 1 nitrogen and oxygen atoms in total. The Kier molecular flexibility index (Phi) is 4.15. The van der Waals surface area contributed by atoms with E-state index in [0.717, 1.165) is 11.1 Å². The fourth-order valence-corrected chi connectivity index (χ4v) is 2.33. The Balaban J connectivity index is 2.22. The molecule has 1 unspecified atom stereocenters. The van der Waals surface area contributed by atoms with Gasteiger partial charge < -0.3 is 5.11 Å². The molecule has 0 saturated heterocycles. The van der Waals surface area contributed by atoms with E-state index in [1.165, 1.54) is 0 Å². The summed E-state index contributed by atoms with van der Waals surface area (Å²) in [7, 11) is 0. The van der Waals surface area contributed by atoms with Gasteiger partial charge in [0.15, 0.2) is 0 Å². The van der Waals surface area contributed by atoms with E-state index < -0.39 is 11.9 Å². The number of aliphatic hydroxyl groups is 1.